The summed E-state index contributed by atoms with van der Waals surface area (Å²) in [6.45, 7) is 7.23. The first-order valence-electron chi connectivity index (χ1n) is 6.82. The quantitative estimate of drug-likeness (QED) is 0.865. The molecular weight excluding hydrogens is 238 g/mol. The molecule has 0 radical (unpaired) electrons. The molecule has 1 aromatic carbocycles. The summed E-state index contributed by atoms with van der Waals surface area (Å²) in [4.78, 5) is 0. The fourth-order valence-electron chi connectivity index (χ4n) is 2.09. The maximum atomic E-state index is 5.66. The summed E-state index contributed by atoms with van der Waals surface area (Å²) in [5.41, 5.74) is 0.956. The standard InChI is InChI=1S/C15H21N3O/c1-4-13(11(2)3)16-10-14-17-18-15(19-14)12-8-6-5-7-9-12/h5-9,11,13,16H,4,10H2,1-3H3. The van der Waals surface area contributed by atoms with Crippen LogP contribution in [0.4, 0.5) is 0 Å². The molecule has 0 fully saturated rings. The van der Waals surface area contributed by atoms with Gasteiger partial charge in [-0.25, -0.2) is 0 Å². The highest BCUT2D eigenvalue weighted by molar-refractivity contribution is 5.51. The Kier molecular flexibility index (Phi) is 4.68. The number of hydrogen-bond donors (Lipinski definition) is 1. The van der Waals surface area contributed by atoms with Gasteiger partial charge in [0.25, 0.3) is 0 Å². The summed E-state index contributed by atoms with van der Waals surface area (Å²) in [6, 6.07) is 10.3. The Hall–Kier alpha value is -1.68. The van der Waals surface area contributed by atoms with Crippen molar-refractivity contribution in [3.8, 4) is 11.5 Å². The van der Waals surface area contributed by atoms with E-state index in [9.17, 15) is 0 Å². The van der Waals surface area contributed by atoms with E-state index in [-0.39, 0.29) is 0 Å². The molecule has 0 saturated carbocycles. The Morgan fingerprint density at radius 1 is 1.16 bits per heavy atom. The minimum absolute atomic E-state index is 0.479. The molecule has 2 rings (SSSR count). The number of nitrogens with one attached hydrogen (secondary N) is 1. The van der Waals surface area contributed by atoms with Crippen molar-refractivity contribution in [3.05, 3.63) is 36.2 Å². The van der Waals surface area contributed by atoms with Crippen LogP contribution in [0.3, 0.4) is 0 Å². The summed E-state index contributed by atoms with van der Waals surface area (Å²) < 4.78 is 5.66. The Morgan fingerprint density at radius 2 is 1.89 bits per heavy atom. The average molecular weight is 259 g/mol. The maximum absolute atomic E-state index is 5.66. The van der Waals surface area contributed by atoms with Crippen LogP contribution in [0.15, 0.2) is 34.7 Å². The van der Waals surface area contributed by atoms with Gasteiger partial charge in [0.1, 0.15) is 0 Å². The zero-order valence-electron chi connectivity index (χ0n) is 11.8. The number of rotatable bonds is 6. The number of hydrogen-bond acceptors (Lipinski definition) is 4. The first kappa shape index (κ1) is 13.7. The number of nitrogens with zero attached hydrogens (tertiary/aromatic N) is 2. The van der Waals surface area contributed by atoms with Crippen molar-refractivity contribution in [2.75, 3.05) is 0 Å². The third-order valence-corrected chi connectivity index (χ3v) is 3.25. The van der Waals surface area contributed by atoms with Crippen molar-refractivity contribution < 1.29 is 4.42 Å². The first-order valence-corrected chi connectivity index (χ1v) is 6.82. The van der Waals surface area contributed by atoms with Crippen molar-refractivity contribution in [1.82, 2.24) is 15.5 Å². The second-order valence-corrected chi connectivity index (χ2v) is 5.01. The molecule has 1 unspecified atom stereocenters. The molecule has 0 bridgehead atoms. The lowest BCUT2D eigenvalue weighted by Crippen LogP contribution is -2.32. The van der Waals surface area contributed by atoms with Crippen LogP contribution in [0, 0.1) is 5.92 Å². The van der Waals surface area contributed by atoms with Crippen molar-refractivity contribution >= 4 is 0 Å². The monoisotopic (exact) mass is 259 g/mol. The van der Waals surface area contributed by atoms with Crippen molar-refractivity contribution in [3.63, 3.8) is 0 Å². The highest BCUT2D eigenvalue weighted by atomic mass is 16.4. The molecule has 0 aliphatic rings. The third-order valence-electron chi connectivity index (χ3n) is 3.25. The molecule has 1 aromatic heterocycles. The van der Waals surface area contributed by atoms with Crippen LogP contribution in [0.5, 0.6) is 0 Å². The Morgan fingerprint density at radius 3 is 2.53 bits per heavy atom. The fourth-order valence-corrected chi connectivity index (χ4v) is 2.09. The predicted molar refractivity (Wildman–Crippen MR) is 75.5 cm³/mol. The molecule has 1 heterocycles. The lowest BCUT2D eigenvalue weighted by molar-refractivity contribution is 0.363. The van der Waals surface area contributed by atoms with Gasteiger partial charge in [0.15, 0.2) is 0 Å². The van der Waals surface area contributed by atoms with Gasteiger partial charge >= 0.3 is 0 Å². The van der Waals surface area contributed by atoms with Crippen LogP contribution in [-0.4, -0.2) is 16.2 Å². The van der Waals surface area contributed by atoms with E-state index in [0.29, 0.717) is 30.3 Å². The lowest BCUT2D eigenvalue weighted by Gasteiger charge is -2.19. The van der Waals surface area contributed by atoms with Gasteiger partial charge in [-0.2, -0.15) is 0 Å². The van der Waals surface area contributed by atoms with Gasteiger partial charge in [-0.05, 0) is 24.5 Å². The van der Waals surface area contributed by atoms with E-state index < -0.39 is 0 Å². The minimum Gasteiger partial charge on any atom is -0.419 e. The molecule has 102 valence electrons. The van der Waals surface area contributed by atoms with E-state index >= 15 is 0 Å². The zero-order chi connectivity index (χ0) is 13.7. The second-order valence-electron chi connectivity index (χ2n) is 5.01. The Balaban J connectivity index is 1.98. The van der Waals surface area contributed by atoms with E-state index in [2.05, 4.69) is 36.3 Å². The van der Waals surface area contributed by atoms with Crippen LogP contribution in [0.1, 0.15) is 33.1 Å². The van der Waals surface area contributed by atoms with Crippen molar-refractivity contribution in [2.45, 2.75) is 39.8 Å². The van der Waals surface area contributed by atoms with Crippen LogP contribution in [0.25, 0.3) is 11.5 Å². The smallest absolute Gasteiger partial charge is 0.247 e. The zero-order valence-corrected chi connectivity index (χ0v) is 11.8. The third kappa shape index (κ3) is 3.64. The van der Waals surface area contributed by atoms with E-state index in [1.807, 2.05) is 30.3 Å². The van der Waals surface area contributed by atoms with Gasteiger partial charge in [0.2, 0.25) is 11.8 Å². The molecule has 0 saturated heterocycles. The average Bonchev–Trinajstić information content (AvgIpc) is 2.89. The molecule has 4 nitrogen and oxygen atoms in total. The molecule has 0 amide bonds. The van der Waals surface area contributed by atoms with Crippen LogP contribution < -0.4 is 5.32 Å². The maximum Gasteiger partial charge on any atom is 0.247 e. The Bertz CT molecular complexity index is 493. The van der Waals surface area contributed by atoms with Gasteiger partial charge in [0, 0.05) is 11.6 Å². The highest BCUT2D eigenvalue weighted by Gasteiger charge is 2.13. The predicted octanol–water partition coefficient (Wildman–Crippen LogP) is 3.26. The molecule has 0 aliphatic carbocycles. The normalized spacial score (nSPS) is 12.8. The van der Waals surface area contributed by atoms with Gasteiger partial charge in [-0.3, -0.25) is 0 Å². The first-order chi connectivity index (χ1) is 9.20. The van der Waals surface area contributed by atoms with E-state index in [0.717, 1.165) is 12.0 Å². The van der Waals surface area contributed by atoms with E-state index in [1.165, 1.54) is 0 Å². The molecule has 1 N–H and O–H groups in total. The second kappa shape index (κ2) is 6.48. The minimum atomic E-state index is 0.479. The summed E-state index contributed by atoms with van der Waals surface area (Å²) in [7, 11) is 0. The Labute approximate surface area is 114 Å². The van der Waals surface area contributed by atoms with E-state index in [1.54, 1.807) is 0 Å². The summed E-state index contributed by atoms with van der Waals surface area (Å²) >= 11 is 0. The highest BCUT2D eigenvalue weighted by Crippen LogP contribution is 2.17. The molecule has 0 spiro atoms. The van der Waals surface area contributed by atoms with Crippen LogP contribution >= 0.6 is 0 Å². The van der Waals surface area contributed by atoms with Gasteiger partial charge < -0.3 is 9.73 Å². The molecule has 0 aliphatic heterocycles. The van der Waals surface area contributed by atoms with Crippen LogP contribution in [-0.2, 0) is 6.54 Å². The molecule has 1 atom stereocenters. The summed E-state index contributed by atoms with van der Waals surface area (Å²) in [6.07, 6.45) is 1.09. The molecule has 19 heavy (non-hydrogen) atoms. The van der Waals surface area contributed by atoms with Gasteiger partial charge in [0.05, 0.1) is 6.54 Å². The number of benzene rings is 1. The fraction of sp³-hybridized carbons (Fsp3) is 0.467. The molecular formula is C15H21N3O. The summed E-state index contributed by atoms with van der Waals surface area (Å²) in [5.74, 6) is 1.81. The van der Waals surface area contributed by atoms with Crippen LogP contribution in [0.2, 0.25) is 0 Å². The van der Waals surface area contributed by atoms with Gasteiger partial charge in [-0.1, -0.05) is 39.0 Å². The summed E-state index contributed by atoms with van der Waals surface area (Å²) in [5, 5.41) is 11.6. The van der Waals surface area contributed by atoms with Gasteiger partial charge in [-0.15, -0.1) is 10.2 Å². The number of aromatic nitrogens is 2. The van der Waals surface area contributed by atoms with E-state index in [4.69, 9.17) is 4.42 Å². The molecule has 4 heteroatoms. The largest absolute Gasteiger partial charge is 0.419 e. The SMILES string of the molecule is CCC(NCc1nnc(-c2ccccc2)o1)C(C)C. The lowest BCUT2D eigenvalue weighted by atomic mass is 10.0. The van der Waals surface area contributed by atoms with Crippen molar-refractivity contribution in [1.29, 1.82) is 0 Å². The molecule has 2 aromatic rings. The van der Waals surface area contributed by atoms with Crippen molar-refractivity contribution in [2.24, 2.45) is 5.92 Å². The topological polar surface area (TPSA) is 51.0 Å².